The molecule has 36 heavy (non-hydrogen) atoms. The minimum atomic E-state index is 0.379. The van der Waals surface area contributed by atoms with Crippen LogP contribution in [-0.2, 0) is 0 Å². The van der Waals surface area contributed by atoms with Crippen LogP contribution in [0.3, 0.4) is 0 Å². The van der Waals surface area contributed by atoms with Crippen molar-refractivity contribution in [1.29, 1.82) is 0 Å². The third-order valence-corrected chi connectivity index (χ3v) is 8.37. The highest BCUT2D eigenvalue weighted by Crippen LogP contribution is 2.48. The molecule has 1 aliphatic carbocycles. The molecular formula is C31H20ClN3S. The van der Waals surface area contributed by atoms with Crippen LogP contribution >= 0.6 is 23.4 Å². The Morgan fingerprint density at radius 1 is 0.639 bits per heavy atom. The molecule has 0 spiro atoms. The first-order valence-electron chi connectivity index (χ1n) is 11.9. The summed E-state index contributed by atoms with van der Waals surface area (Å²) in [5, 5.41) is 3.21. The van der Waals surface area contributed by atoms with Gasteiger partial charge in [0.1, 0.15) is 0 Å². The largest absolute Gasteiger partial charge is 0.208 e. The van der Waals surface area contributed by atoms with Crippen LogP contribution in [0, 0.1) is 0 Å². The second-order valence-corrected chi connectivity index (χ2v) is 10.6. The average Bonchev–Trinajstić information content (AvgIpc) is 3.31. The zero-order valence-corrected chi connectivity index (χ0v) is 20.7. The van der Waals surface area contributed by atoms with Crippen molar-refractivity contribution < 1.29 is 0 Å². The van der Waals surface area contributed by atoms with E-state index in [1.54, 1.807) is 0 Å². The summed E-state index contributed by atoms with van der Waals surface area (Å²) < 4.78 is 0. The smallest absolute Gasteiger partial charge is 0.164 e. The van der Waals surface area contributed by atoms with Crippen molar-refractivity contribution in [2.75, 3.05) is 0 Å². The Hall–Kier alpha value is -3.73. The second kappa shape index (κ2) is 8.74. The summed E-state index contributed by atoms with van der Waals surface area (Å²) >= 11 is 8.59. The number of nitrogens with zero attached hydrogens (tertiary/aromatic N) is 3. The van der Waals surface area contributed by atoms with E-state index in [0.717, 1.165) is 27.5 Å². The predicted octanol–water partition coefficient (Wildman–Crippen LogP) is 8.36. The minimum absolute atomic E-state index is 0.379. The fourth-order valence-corrected chi connectivity index (χ4v) is 6.54. The van der Waals surface area contributed by atoms with Gasteiger partial charge in [0.25, 0.3) is 0 Å². The Balaban J connectivity index is 1.40. The van der Waals surface area contributed by atoms with Gasteiger partial charge < -0.3 is 0 Å². The van der Waals surface area contributed by atoms with E-state index in [1.165, 1.54) is 10.5 Å². The van der Waals surface area contributed by atoms with Crippen molar-refractivity contribution in [3.63, 3.8) is 0 Å². The van der Waals surface area contributed by atoms with E-state index in [0.29, 0.717) is 33.7 Å². The van der Waals surface area contributed by atoms with E-state index in [-0.39, 0.29) is 0 Å². The molecule has 172 valence electrons. The van der Waals surface area contributed by atoms with E-state index in [9.17, 15) is 0 Å². The standard InChI is InChI=1S/C31H20ClN3S/c32-26-18-22(16-20-10-4-5-11-23(20)26)31-34-29(19-8-2-1-3-9-19)33-30(35-31)21-14-15-28-25(17-21)24-12-6-7-13-27(24)36-28/h1-18,24,27H. The molecule has 4 aromatic carbocycles. The summed E-state index contributed by atoms with van der Waals surface area (Å²) in [5.41, 5.74) is 4.15. The second-order valence-electron chi connectivity index (χ2n) is 8.98. The molecule has 0 saturated carbocycles. The molecule has 0 amide bonds. The molecule has 3 nitrogen and oxygen atoms in total. The summed E-state index contributed by atoms with van der Waals surface area (Å²) in [4.78, 5) is 16.1. The number of allylic oxidation sites excluding steroid dienone is 3. The van der Waals surface area contributed by atoms with Crippen molar-refractivity contribution in [3.8, 4) is 34.2 Å². The maximum Gasteiger partial charge on any atom is 0.164 e. The van der Waals surface area contributed by atoms with E-state index in [4.69, 9.17) is 26.6 Å². The third kappa shape index (κ3) is 3.74. The van der Waals surface area contributed by atoms with Crippen molar-refractivity contribution in [2.45, 2.75) is 16.1 Å². The molecule has 0 N–H and O–H groups in total. The number of fused-ring (bicyclic) bond motifs is 4. The van der Waals surface area contributed by atoms with Crippen LogP contribution in [0.15, 0.2) is 114 Å². The Labute approximate surface area is 218 Å². The van der Waals surface area contributed by atoms with Crippen LogP contribution in [0.5, 0.6) is 0 Å². The topological polar surface area (TPSA) is 38.7 Å². The normalized spacial score (nSPS) is 17.8. The van der Waals surface area contributed by atoms with Crippen LogP contribution in [0.2, 0.25) is 5.02 Å². The molecular weight excluding hydrogens is 482 g/mol. The van der Waals surface area contributed by atoms with Crippen LogP contribution in [0.25, 0.3) is 44.9 Å². The first-order chi connectivity index (χ1) is 17.7. The predicted molar refractivity (Wildman–Crippen MR) is 149 cm³/mol. The average molecular weight is 502 g/mol. The van der Waals surface area contributed by atoms with E-state index in [1.807, 2.05) is 66.4 Å². The molecule has 2 aliphatic rings. The lowest BCUT2D eigenvalue weighted by atomic mass is 9.91. The first kappa shape index (κ1) is 21.5. The lowest BCUT2D eigenvalue weighted by Crippen LogP contribution is -2.07. The van der Waals surface area contributed by atoms with Gasteiger partial charge in [-0.1, -0.05) is 96.6 Å². The lowest BCUT2D eigenvalue weighted by molar-refractivity contribution is 0.881. The molecule has 0 saturated heterocycles. The van der Waals surface area contributed by atoms with Gasteiger partial charge in [0.2, 0.25) is 0 Å². The van der Waals surface area contributed by atoms with Crippen molar-refractivity contribution >= 4 is 34.1 Å². The van der Waals surface area contributed by atoms with Gasteiger partial charge in [-0.15, -0.1) is 11.8 Å². The Morgan fingerprint density at radius 2 is 1.36 bits per heavy atom. The molecule has 7 rings (SSSR count). The summed E-state index contributed by atoms with van der Waals surface area (Å²) in [5.74, 6) is 2.30. The monoisotopic (exact) mass is 501 g/mol. The zero-order chi connectivity index (χ0) is 24.1. The van der Waals surface area contributed by atoms with Crippen molar-refractivity contribution in [3.05, 3.63) is 120 Å². The molecule has 2 heterocycles. The number of hydrogen-bond acceptors (Lipinski definition) is 4. The third-order valence-electron chi connectivity index (χ3n) is 6.71. The zero-order valence-electron chi connectivity index (χ0n) is 19.2. The van der Waals surface area contributed by atoms with Crippen molar-refractivity contribution in [2.24, 2.45) is 0 Å². The molecule has 2 atom stereocenters. The van der Waals surface area contributed by atoms with E-state index < -0.39 is 0 Å². The van der Waals surface area contributed by atoms with Gasteiger partial charge in [-0.3, -0.25) is 0 Å². The Bertz CT molecular complexity index is 1690. The maximum absolute atomic E-state index is 6.67. The fourth-order valence-electron chi connectivity index (χ4n) is 4.93. The van der Waals surface area contributed by atoms with Gasteiger partial charge in [-0.25, -0.2) is 15.0 Å². The highest BCUT2D eigenvalue weighted by atomic mass is 35.5. The number of halogens is 1. The highest BCUT2D eigenvalue weighted by molar-refractivity contribution is 8.00. The van der Waals surface area contributed by atoms with Crippen LogP contribution in [-0.4, -0.2) is 20.2 Å². The summed E-state index contributed by atoms with van der Waals surface area (Å²) in [7, 11) is 0. The van der Waals surface area contributed by atoms with Crippen LogP contribution in [0.4, 0.5) is 0 Å². The molecule has 1 aromatic heterocycles. The summed E-state index contributed by atoms with van der Waals surface area (Å²) in [6, 6.07) is 28.8. The molecule has 2 unspecified atom stereocenters. The lowest BCUT2D eigenvalue weighted by Gasteiger charge is -2.15. The number of rotatable bonds is 3. The van der Waals surface area contributed by atoms with Gasteiger partial charge in [0.15, 0.2) is 17.5 Å². The minimum Gasteiger partial charge on any atom is -0.208 e. The molecule has 0 bridgehead atoms. The number of thioether (sulfide) groups is 1. The Morgan fingerprint density at radius 3 is 2.22 bits per heavy atom. The van der Waals surface area contributed by atoms with Gasteiger partial charge in [0, 0.05) is 43.2 Å². The molecule has 5 heteroatoms. The van der Waals surface area contributed by atoms with Crippen molar-refractivity contribution in [1.82, 2.24) is 15.0 Å². The highest BCUT2D eigenvalue weighted by Gasteiger charge is 2.31. The maximum atomic E-state index is 6.67. The van der Waals surface area contributed by atoms with E-state index >= 15 is 0 Å². The number of benzene rings is 4. The molecule has 5 aromatic rings. The first-order valence-corrected chi connectivity index (χ1v) is 13.1. The van der Waals surface area contributed by atoms with E-state index in [2.05, 4.69) is 54.6 Å². The Kier molecular flexibility index (Phi) is 5.23. The molecule has 0 radical (unpaired) electrons. The summed E-state index contributed by atoms with van der Waals surface area (Å²) in [6.45, 7) is 0. The molecule has 0 fully saturated rings. The molecule has 1 aliphatic heterocycles. The van der Waals surface area contributed by atoms with Crippen LogP contribution in [0.1, 0.15) is 11.5 Å². The SMILES string of the molecule is Clc1cc(-c2nc(-c3ccccc3)nc(-c3ccc4c(c3)C3C=CC=CC3S4)n2)cc2ccccc12. The van der Waals surface area contributed by atoms with Gasteiger partial charge in [-0.05, 0) is 35.2 Å². The number of hydrogen-bond donors (Lipinski definition) is 0. The van der Waals surface area contributed by atoms with Gasteiger partial charge >= 0.3 is 0 Å². The number of aromatic nitrogens is 3. The quantitative estimate of drug-likeness (QED) is 0.249. The van der Waals surface area contributed by atoms with Gasteiger partial charge in [0.05, 0.1) is 0 Å². The summed E-state index contributed by atoms with van der Waals surface area (Å²) in [6.07, 6.45) is 8.85. The van der Waals surface area contributed by atoms with Crippen LogP contribution < -0.4 is 0 Å². The fraction of sp³-hybridized carbons (Fsp3) is 0.0645. The van der Waals surface area contributed by atoms with Gasteiger partial charge in [-0.2, -0.15) is 0 Å².